The van der Waals surface area contributed by atoms with Gasteiger partial charge in [-0.15, -0.1) is 0 Å². The van der Waals surface area contributed by atoms with Crippen LogP contribution in [-0.4, -0.2) is 55.3 Å². The smallest absolute Gasteiger partial charge is 0.229 e. The van der Waals surface area contributed by atoms with Gasteiger partial charge in [-0.05, 0) is 47.0 Å². The second-order valence-corrected chi connectivity index (χ2v) is 10.1. The average Bonchev–Trinajstić information content (AvgIpc) is 3.22. The first-order valence-corrected chi connectivity index (χ1v) is 12.8. The van der Waals surface area contributed by atoms with Gasteiger partial charge in [0.1, 0.15) is 5.65 Å². The number of aromatic nitrogens is 2. The van der Waals surface area contributed by atoms with E-state index in [1.807, 2.05) is 35.0 Å². The van der Waals surface area contributed by atoms with Crippen LogP contribution in [0.25, 0.3) is 28.0 Å². The van der Waals surface area contributed by atoms with E-state index in [9.17, 15) is 8.42 Å². The van der Waals surface area contributed by atoms with E-state index >= 15 is 0 Å². The molecule has 1 aliphatic heterocycles. The van der Waals surface area contributed by atoms with Crippen LogP contribution in [0, 0.1) is 0 Å². The fraction of sp³-hybridized carbons (Fsp3) is 0.240. The van der Waals surface area contributed by atoms with Gasteiger partial charge in [0.15, 0.2) is 0 Å². The molecular formula is C25H26N4O3S. The summed E-state index contributed by atoms with van der Waals surface area (Å²) in [4.78, 5) is 7.02. The molecule has 1 N–H and O–H groups in total. The van der Waals surface area contributed by atoms with Crippen LogP contribution in [0.3, 0.4) is 0 Å². The normalized spacial score (nSPS) is 15.1. The highest BCUT2D eigenvalue weighted by atomic mass is 32.2. The Kier molecular flexibility index (Phi) is 5.88. The molecule has 0 atom stereocenters. The second kappa shape index (κ2) is 8.97. The number of nitrogens with one attached hydrogen (secondary N) is 1. The Morgan fingerprint density at radius 2 is 1.73 bits per heavy atom. The fourth-order valence-corrected chi connectivity index (χ4v) is 4.75. The van der Waals surface area contributed by atoms with E-state index in [-0.39, 0.29) is 0 Å². The summed E-state index contributed by atoms with van der Waals surface area (Å²) >= 11 is 0. The Morgan fingerprint density at radius 1 is 0.970 bits per heavy atom. The van der Waals surface area contributed by atoms with Crippen molar-refractivity contribution in [3.63, 3.8) is 0 Å². The van der Waals surface area contributed by atoms with Gasteiger partial charge in [-0.2, -0.15) is 0 Å². The van der Waals surface area contributed by atoms with E-state index < -0.39 is 10.0 Å². The number of fused-ring (bicyclic) bond motifs is 1. The minimum absolute atomic E-state index is 0.527. The summed E-state index contributed by atoms with van der Waals surface area (Å²) in [5.74, 6) is 0. The van der Waals surface area contributed by atoms with Crippen molar-refractivity contribution in [1.82, 2.24) is 14.3 Å². The highest BCUT2D eigenvalue weighted by Crippen LogP contribution is 2.27. The molecule has 0 saturated carbocycles. The lowest BCUT2D eigenvalue weighted by Gasteiger charge is -2.26. The topological polar surface area (TPSA) is 75.9 Å². The zero-order valence-corrected chi connectivity index (χ0v) is 19.3. The molecule has 0 spiro atoms. The predicted molar refractivity (Wildman–Crippen MR) is 131 cm³/mol. The number of ether oxygens (including phenoxy) is 1. The Labute approximate surface area is 193 Å². The first-order valence-electron chi connectivity index (χ1n) is 10.9. The fourth-order valence-electron chi connectivity index (χ4n) is 4.20. The van der Waals surface area contributed by atoms with Gasteiger partial charge in [-0.3, -0.25) is 14.0 Å². The lowest BCUT2D eigenvalue weighted by atomic mass is 10.0. The van der Waals surface area contributed by atoms with Crippen LogP contribution < -0.4 is 4.72 Å². The first-order chi connectivity index (χ1) is 15.9. The number of anilines is 1. The van der Waals surface area contributed by atoms with Crippen LogP contribution in [0.5, 0.6) is 0 Å². The SMILES string of the molecule is CS(=O)(=O)Nc1cccc(-c2cnc3cc(-c4cccc(CN5CCOCC5)c4)ccn23)c1. The molecule has 4 aromatic rings. The van der Waals surface area contributed by atoms with Crippen LogP contribution in [0.1, 0.15) is 5.56 Å². The highest BCUT2D eigenvalue weighted by molar-refractivity contribution is 7.92. The molecule has 2 aromatic heterocycles. The molecule has 2 aromatic carbocycles. The number of rotatable bonds is 6. The maximum absolute atomic E-state index is 11.6. The van der Waals surface area contributed by atoms with Crippen molar-refractivity contribution in [2.24, 2.45) is 0 Å². The highest BCUT2D eigenvalue weighted by Gasteiger charge is 2.12. The number of imidazole rings is 1. The number of hydrogen-bond acceptors (Lipinski definition) is 5. The maximum Gasteiger partial charge on any atom is 0.229 e. The summed E-state index contributed by atoms with van der Waals surface area (Å²) in [5.41, 5.74) is 6.70. The molecule has 0 bridgehead atoms. The van der Waals surface area contributed by atoms with Gasteiger partial charge in [-0.1, -0.05) is 30.3 Å². The molecule has 0 amide bonds. The molecule has 1 aliphatic rings. The van der Waals surface area contributed by atoms with Crippen molar-refractivity contribution in [1.29, 1.82) is 0 Å². The lowest BCUT2D eigenvalue weighted by molar-refractivity contribution is 0.0342. The summed E-state index contributed by atoms with van der Waals surface area (Å²) in [6.45, 7) is 4.45. The van der Waals surface area contributed by atoms with Crippen LogP contribution >= 0.6 is 0 Å². The number of sulfonamides is 1. The van der Waals surface area contributed by atoms with Crippen LogP contribution in [0.15, 0.2) is 73.1 Å². The second-order valence-electron chi connectivity index (χ2n) is 8.33. The van der Waals surface area contributed by atoms with E-state index in [4.69, 9.17) is 4.74 Å². The van der Waals surface area contributed by atoms with E-state index in [0.717, 1.165) is 67.1 Å². The van der Waals surface area contributed by atoms with Crippen molar-refractivity contribution in [2.45, 2.75) is 6.54 Å². The van der Waals surface area contributed by atoms with Crippen molar-refractivity contribution in [3.05, 3.63) is 78.6 Å². The molecule has 8 heteroatoms. The summed E-state index contributed by atoms with van der Waals surface area (Å²) in [5, 5.41) is 0. The summed E-state index contributed by atoms with van der Waals surface area (Å²) < 4.78 is 33.2. The summed E-state index contributed by atoms with van der Waals surface area (Å²) in [6.07, 6.45) is 4.97. The molecule has 33 heavy (non-hydrogen) atoms. The quantitative estimate of drug-likeness (QED) is 0.471. The van der Waals surface area contributed by atoms with Crippen LogP contribution in [0.2, 0.25) is 0 Å². The number of hydrogen-bond donors (Lipinski definition) is 1. The average molecular weight is 463 g/mol. The van der Waals surface area contributed by atoms with E-state index in [0.29, 0.717) is 5.69 Å². The third-order valence-corrected chi connectivity index (χ3v) is 6.35. The lowest BCUT2D eigenvalue weighted by Crippen LogP contribution is -2.35. The molecule has 0 aliphatic carbocycles. The third-order valence-electron chi connectivity index (χ3n) is 5.75. The zero-order chi connectivity index (χ0) is 22.8. The Bertz CT molecular complexity index is 1390. The van der Waals surface area contributed by atoms with Gasteiger partial charge >= 0.3 is 0 Å². The Balaban J connectivity index is 1.42. The van der Waals surface area contributed by atoms with Crippen LogP contribution in [-0.2, 0) is 21.3 Å². The van der Waals surface area contributed by atoms with Gasteiger partial charge < -0.3 is 4.74 Å². The Hall–Kier alpha value is -3.20. The van der Waals surface area contributed by atoms with Crippen molar-refractivity contribution >= 4 is 21.4 Å². The predicted octanol–water partition coefficient (Wildman–Crippen LogP) is 3.87. The number of morpholine rings is 1. The molecule has 170 valence electrons. The van der Waals surface area contributed by atoms with E-state index in [1.54, 1.807) is 6.07 Å². The van der Waals surface area contributed by atoms with Crippen LogP contribution in [0.4, 0.5) is 5.69 Å². The molecule has 7 nitrogen and oxygen atoms in total. The first kappa shape index (κ1) is 21.6. The van der Waals surface area contributed by atoms with Gasteiger partial charge in [0.2, 0.25) is 10.0 Å². The number of pyridine rings is 1. The third kappa shape index (κ3) is 5.08. The van der Waals surface area contributed by atoms with Gasteiger partial charge in [0.05, 0.1) is 31.4 Å². The largest absolute Gasteiger partial charge is 0.379 e. The van der Waals surface area contributed by atoms with E-state index in [1.165, 1.54) is 5.56 Å². The molecule has 1 fully saturated rings. The van der Waals surface area contributed by atoms with E-state index in [2.05, 4.69) is 51.0 Å². The number of nitrogens with zero attached hydrogens (tertiary/aromatic N) is 3. The van der Waals surface area contributed by atoms with Crippen molar-refractivity contribution in [3.8, 4) is 22.4 Å². The van der Waals surface area contributed by atoms with Gasteiger partial charge in [0, 0.05) is 37.1 Å². The standard InChI is InChI=1S/C25H26N4O3S/c1-33(30,31)27-23-7-3-6-22(15-23)24-17-26-25-16-21(8-9-29(24)25)20-5-2-4-19(14-20)18-28-10-12-32-13-11-28/h2-9,14-17,27H,10-13,18H2,1H3. The summed E-state index contributed by atoms with van der Waals surface area (Å²) in [7, 11) is -3.34. The molecule has 5 rings (SSSR count). The monoisotopic (exact) mass is 462 g/mol. The number of benzene rings is 2. The molecule has 1 saturated heterocycles. The van der Waals surface area contributed by atoms with Gasteiger partial charge in [-0.25, -0.2) is 13.4 Å². The van der Waals surface area contributed by atoms with Crippen molar-refractivity contribution in [2.75, 3.05) is 37.3 Å². The summed E-state index contributed by atoms with van der Waals surface area (Å²) in [6, 6.07) is 20.1. The minimum Gasteiger partial charge on any atom is -0.379 e. The molecular weight excluding hydrogens is 436 g/mol. The minimum atomic E-state index is -3.34. The zero-order valence-electron chi connectivity index (χ0n) is 18.4. The maximum atomic E-state index is 11.6. The molecule has 3 heterocycles. The van der Waals surface area contributed by atoms with Crippen molar-refractivity contribution < 1.29 is 13.2 Å². The Morgan fingerprint density at radius 3 is 2.55 bits per heavy atom. The van der Waals surface area contributed by atoms with Gasteiger partial charge in [0.25, 0.3) is 0 Å². The molecule has 0 radical (unpaired) electrons. The molecule has 0 unspecified atom stereocenters.